The van der Waals surface area contributed by atoms with Crippen molar-refractivity contribution in [3.05, 3.63) is 30.1 Å². The molecule has 0 aromatic heterocycles. The number of urea groups is 1. The molecule has 1 aromatic rings. The molecule has 0 aliphatic rings. The third-order valence-electron chi connectivity index (χ3n) is 2.38. The van der Waals surface area contributed by atoms with Crippen LogP contribution in [0.4, 0.5) is 14.9 Å². The largest absolute Gasteiger partial charge is 0.467 e. The maximum Gasteiger partial charge on any atom is 0.329 e. The maximum absolute atomic E-state index is 12.8. The van der Waals surface area contributed by atoms with Crippen LogP contribution in [0.2, 0.25) is 0 Å². The summed E-state index contributed by atoms with van der Waals surface area (Å²) in [5, 5.41) is 5.89. The number of carbonyl (C=O) groups excluding carboxylic acids is 2. The number of rotatable bonds is 7. The van der Waals surface area contributed by atoms with Gasteiger partial charge in [-0.2, -0.15) is 11.8 Å². The van der Waals surface area contributed by atoms with Gasteiger partial charge in [-0.15, -0.1) is 11.8 Å². The number of nitrogens with one attached hydrogen (secondary N) is 2. The Hall–Kier alpha value is -1.41. The lowest BCUT2D eigenvalue weighted by molar-refractivity contribution is -0.142. The zero-order valence-electron chi connectivity index (χ0n) is 11.7. The van der Waals surface area contributed by atoms with Crippen LogP contribution >= 0.6 is 23.5 Å². The standard InChI is InChI=1S/C13H17FN2O3S2/c1-19-12(17)11(7-21-8-20-2)16-13(18)15-10-5-3-9(14)4-6-10/h3-6,11H,7-8H2,1-2H3,(H2,15,16,18)/t11-/m0/s1. The molecule has 0 unspecified atom stereocenters. The highest BCUT2D eigenvalue weighted by atomic mass is 32.2. The molecule has 8 heteroatoms. The summed E-state index contributed by atoms with van der Waals surface area (Å²) < 4.78 is 17.4. The lowest BCUT2D eigenvalue weighted by atomic mass is 10.3. The van der Waals surface area contributed by atoms with Crippen LogP contribution in [0.1, 0.15) is 0 Å². The van der Waals surface area contributed by atoms with Crippen molar-refractivity contribution in [2.45, 2.75) is 6.04 Å². The summed E-state index contributed by atoms with van der Waals surface area (Å²) in [7, 11) is 1.27. The lowest BCUT2D eigenvalue weighted by Gasteiger charge is -2.16. The highest BCUT2D eigenvalue weighted by Crippen LogP contribution is 2.11. The van der Waals surface area contributed by atoms with Crippen LogP contribution < -0.4 is 10.6 Å². The zero-order valence-corrected chi connectivity index (χ0v) is 13.4. The molecule has 0 saturated carbocycles. The maximum atomic E-state index is 12.8. The number of benzene rings is 1. The lowest BCUT2D eigenvalue weighted by Crippen LogP contribution is -2.45. The molecule has 1 aromatic carbocycles. The smallest absolute Gasteiger partial charge is 0.329 e. The van der Waals surface area contributed by atoms with E-state index in [2.05, 4.69) is 15.4 Å². The van der Waals surface area contributed by atoms with E-state index in [4.69, 9.17) is 0 Å². The van der Waals surface area contributed by atoms with Gasteiger partial charge in [0.2, 0.25) is 0 Å². The quantitative estimate of drug-likeness (QED) is 0.456. The number of hydrogen-bond donors (Lipinski definition) is 2. The molecule has 2 amide bonds. The first-order chi connectivity index (χ1) is 10.1. The fourth-order valence-corrected chi connectivity index (χ4v) is 2.93. The Morgan fingerprint density at radius 2 is 2.00 bits per heavy atom. The number of amides is 2. The van der Waals surface area contributed by atoms with Crippen molar-refractivity contribution >= 4 is 41.2 Å². The van der Waals surface area contributed by atoms with Crippen molar-refractivity contribution in [3.63, 3.8) is 0 Å². The number of carbonyl (C=O) groups is 2. The summed E-state index contributed by atoms with van der Waals surface area (Å²) in [6.45, 7) is 0. The summed E-state index contributed by atoms with van der Waals surface area (Å²) >= 11 is 3.16. The fraction of sp³-hybridized carbons (Fsp3) is 0.385. The number of hydrogen-bond acceptors (Lipinski definition) is 5. The molecular weight excluding hydrogens is 315 g/mol. The second kappa shape index (κ2) is 9.51. The molecule has 0 spiro atoms. The second-order valence-electron chi connectivity index (χ2n) is 3.96. The van der Waals surface area contributed by atoms with Gasteiger partial charge >= 0.3 is 12.0 Å². The van der Waals surface area contributed by atoms with Crippen molar-refractivity contribution < 1.29 is 18.7 Å². The van der Waals surface area contributed by atoms with Crippen LogP contribution in [0, 0.1) is 5.82 Å². The molecule has 0 fully saturated rings. The van der Waals surface area contributed by atoms with E-state index in [0.29, 0.717) is 11.4 Å². The Balaban J connectivity index is 2.54. The van der Waals surface area contributed by atoms with Crippen LogP contribution in [-0.2, 0) is 9.53 Å². The molecule has 1 atom stereocenters. The monoisotopic (exact) mass is 332 g/mol. The van der Waals surface area contributed by atoms with Crippen LogP contribution in [0.25, 0.3) is 0 Å². The van der Waals surface area contributed by atoms with Gasteiger partial charge in [-0.25, -0.2) is 14.0 Å². The summed E-state index contributed by atoms with van der Waals surface area (Å²) in [4.78, 5) is 23.4. The van der Waals surface area contributed by atoms with E-state index < -0.39 is 18.0 Å². The first-order valence-corrected chi connectivity index (χ1v) is 8.59. The molecule has 0 bridgehead atoms. The van der Waals surface area contributed by atoms with E-state index in [1.165, 1.54) is 43.1 Å². The SMILES string of the molecule is COC(=O)[C@H](CSCSC)NC(=O)Nc1ccc(F)cc1. The molecule has 5 nitrogen and oxygen atoms in total. The van der Waals surface area contributed by atoms with Crippen LogP contribution in [-0.4, -0.2) is 42.2 Å². The van der Waals surface area contributed by atoms with Crippen molar-refractivity contribution in [2.75, 3.05) is 29.5 Å². The van der Waals surface area contributed by atoms with Gasteiger partial charge in [-0.05, 0) is 30.5 Å². The molecule has 0 aliphatic carbocycles. The molecule has 21 heavy (non-hydrogen) atoms. The first kappa shape index (κ1) is 17.6. The second-order valence-corrected chi connectivity index (χ2v) is 6.22. The van der Waals surface area contributed by atoms with E-state index in [0.717, 1.165) is 5.08 Å². The number of anilines is 1. The van der Waals surface area contributed by atoms with Gasteiger partial charge in [0.15, 0.2) is 0 Å². The minimum Gasteiger partial charge on any atom is -0.467 e. The van der Waals surface area contributed by atoms with E-state index in [1.807, 2.05) is 6.26 Å². The van der Waals surface area contributed by atoms with Crippen molar-refractivity contribution in [1.29, 1.82) is 0 Å². The molecular formula is C13H17FN2O3S2. The van der Waals surface area contributed by atoms with E-state index in [9.17, 15) is 14.0 Å². The van der Waals surface area contributed by atoms with Gasteiger partial charge in [0, 0.05) is 16.5 Å². The Morgan fingerprint density at radius 3 is 2.57 bits per heavy atom. The van der Waals surface area contributed by atoms with E-state index in [1.54, 1.807) is 11.8 Å². The van der Waals surface area contributed by atoms with Crippen molar-refractivity contribution in [2.24, 2.45) is 0 Å². The minimum absolute atomic E-state index is 0.387. The van der Waals surface area contributed by atoms with E-state index >= 15 is 0 Å². The van der Waals surface area contributed by atoms with Crippen LogP contribution in [0.15, 0.2) is 24.3 Å². The zero-order chi connectivity index (χ0) is 15.7. The fourth-order valence-electron chi connectivity index (χ4n) is 1.42. The highest BCUT2D eigenvalue weighted by molar-refractivity contribution is 8.15. The third kappa shape index (κ3) is 6.72. The summed E-state index contributed by atoms with van der Waals surface area (Å²) in [5.41, 5.74) is 0.439. The van der Waals surface area contributed by atoms with Crippen LogP contribution in [0.3, 0.4) is 0 Å². The Kier molecular flexibility index (Phi) is 7.99. The summed E-state index contributed by atoms with van der Waals surface area (Å²) in [6.07, 6.45) is 1.95. The Bertz CT molecular complexity index is 471. The molecule has 0 radical (unpaired) electrons. The highest BCUT2D eigenvalue weighted by Gasteiger charge is 2.21. The Labute approximate surface area is 131 Å². The molecule has 0 saturated heterocycles. The minimum atomic E-state index is -0.729. The average Bonchev–Trinajstić information content (AvgIpc) is 2.48. The number of thioether (sulfide) groups is 2. The van der Waals surface area contributed by atoms with Crippen molar-refractivity contribution in [3.8, 4) is 0 Å². The number of halogens is 1. The third-order valence-corrected chi connectivity index (χ3v) is 4.56. The number of methoxy groups -OCH3 is 1. The van der Waals surface area contributed by atoms with Gasteiger partial charge in [0.1, 0.15) is 11.9 Å². The molecule has 1 rings (SSSR count). The average molecular weight is 332 g/mol. The first-order valence-electron chi connectivity index (χ1n) is 6.04. The topological polar surface area (TPSA) is 67.4 Å². The van der Waals surface area contributed by atoms with Gasteiger partial charge in [0.25, 0.3) is 0 Å². The molecule has 0 heterocycles. The normalized spacial score (nSPS) is 11.6. The predicted octanol–water partition coefficient (Wildman–Crippen LogP) is 2.54. The number of ether oxygens (including phenoxy) is 1. The predicted molar refractivity (Wildman–Crippen MR) is 85.2 cm³/mol. The van der Waals surface area contributed by atoms with Gasteiger partial charge in [-0.1, -0.05) is 0 Å². The van der Waals surface area contributed by atoms with Gasteiger partial charge in [-0.3, -0.25) is 0 Å². The molecule has 116 valence electrons. The molecule has 2 N–H and O–H groups in total. The van der Waals surface area contributed by atoms with Gasteiger partial charge < -0.3 is 15.4 Å². The van der Waals surface area contributed by atoms with E-state index in [-0.39, 0.29) is 5.82 Å². The van der Waals surface area contributed by atoms with Crippen molar-refractivity contribution in [1.82, 2.24) is 5.32 Å². The van der Waals surface area contributed by atoms with Crippen LogP contribution in [0.5, 0.6) is 0 Å². The summed E-state index contributed by atoms with van der Waals surface area (Å²) in [5.74, 6) is -0.468. The Morgan fingerprint density at radius 1 is 1.33 bits per heavy atom. The van der Waals surface area contributed by atoms with Gasteiger partial charge in [0.05, 0.1) is 7.11 Å². The number of esters is 1. The molecule has 0 aliphatic heterocycles. The summed E-state index contributed by atoms with van der Waals surface area (Å²) in [6, 6.07) is 4.08.